The van der Waals surface area contributed by atoms with Crippen LogP contribution in [0.5, 0.6) is 0 Å². The number of rotatable bonds is 4. The van der Waals surface area contributed by atoms with Gasteiger partial charge in [0.05, 0.1) is 16.8 Å². The van der Waals surface area contributed by atoms with Crippen LogP contribution in [0.25, 0.3) is 0 Å². The molecule has 0 spiro atoms. The number of fused-ring (bicyclic) bond motifs is 2. The first-order chi connectivity index (χ1) is 19.9. The molecule has 4 aliphatic rings. The maximum Gasteiger partial charge on any atom is 0.314 e. The minimum absolute atomic E-state index is 0.132. The molecule has 1 atom stereocenters. The van der Waals surface area contributed by atoms with Gasteiger partial charge in [0.25, 0.3) is 0 Å². The maximum absolute atomic E-state index is 13.0. The summed E-state index contributed by atoms with van der Waals surface area (Å²) in [5.41, 5.74) is 10.4. The van der Waals surface area contributed by atoms with E-state index < -0.39 is 0 Å². The van der Waals surface area contributed by atoms with E-state index in [1.165, 1.54) is 29.5 Å². The summed E-state index contributed by atoms with van der Waals surface area (Å²) in [7, 11) is 0. The number of halogens is 2. The molecule has 9 heteroatoms. The Balaban J connectivity index is 1.04. The number of aromatic nitrogens is 1. The first-order valence-electron chi connectivity index (χ1n) is 15.3. The molecule has 7 nitrogen and oxygen atoms in total. The Hall–Kier alpha value is -2.35. The second kappa shape index (κ2) is 12.5. The first-order valence-corrected chi connectivity index (χ1v) is 16.1. The van der Waals surface area contributed by atoms with E-state index in [-0.39, 0.29) is 18.0 Å². The number of hydrogen-bond donors (Lipinski definition) is 1. The van der Waals surface area contributed by atoms with Crippen LogP contribution in [0.15, 0.2) is 30.5 Å². The van der Waals surface area contributed by atoms with Crippen LogP contribution in [-0.4, -0.2) is 70.9 Å². The topological polar surface area (TPSA) is 82.8 Å². The van der Waals surface area contributed by atoms with Crippen LogP contribution in [0.1, 0.15) is 73.4 Å². The van der Waals surface area contributed by atoms with Crippen molar-refractivity contribution in [2.24, 2.45) is 23.5 Å². The van der Waals surface area contributed by atoms with Crippen LogP contribution in [0.2, 0.25) is 10.0 Å². The van der Waals surface area contributed by atoms with Crippen molar-refractivity contribution < 1.29 is 9.59 Å². The number of urea groups is 1. The summed E-state index contributed by atoms with van der Waals surface area (Å²) in [6, 6.07) is 8.22. The maximum atomic E-state index is 13.0. The highest BCUT2D eigenvalue weighted by molar-refractivity contribution is 6.30. The van der Waals surface area contributed by atoms with E-state index in [9.17, 15) is 9.59 Å². The molecular formula is C32H41Cl2N5O2. The van der Waals surface area contributed by atoms with Gasteiger partial charge in [0, 0.05) is 43.8 Å². The van der Waals surface area contributed by atoms with Crippen molar-refractivity contribution in [3.63, 3.8) is 0 Å². The second-order valence-electron chi connectivity index (χ2n) is 12.5. The number of likely N-dealkylation sites (tertiary alicyclic amines) is 3. The number of nitrogens with two attached hydrogens (primary N) is 1. The van der Waals surface area contributed by atoms with Crippen LogP contribution in [0.3, 0.4) is 0 Å². The summed E-state index contributed by atoms with van der Waals surface area (Å²) in [4.78, 5) is 35.7. The van der Waals surface area contributed by atoms with Gasteiger partial charge in [-0.3, -0.25) is 14.7 Å². The molecule has 4 heterocycles. The number of piperidine rings is 3. The van der Waals surface area contributed by atoms with Gasteiger partial charge < -0.3 is 15.5 Å². The Bertz CT molecular complexity index is 1210. The van der Waals surface area contributed by atoms with Crippen molar-refractivity contribution >= 4 is 35.1 Å². The Morgan fingerprint density at radius 1 is 0.805 bits per heavy atom. The van der Waals surface area contributed by atoms with Crippen LogP contribution in [0.4, 0.5) is 4.79 Å². The highest BCUT2D eigenvalue weighted by atomic mass is 35.5. The van der Waals surface area contributed by atoms with Crippen molar-refractivity contribution in [1.29, 1.82) is 0 Å². The summed E-state index contributed by atoms with van der Waals surface area (Å²) in [5, 5.41) is 1.49. The van der Waals surface area contributed by atoms with Gasteiger partial charge in [-0.25, -0.2) is 4.79 Å². The van der Waals surface area contributed by atoms with Crippen molar-refractivity contribution in [3.05, 3.63) is 62.9 Å². The number of hydrogen-bond acceptors (Lipinski definition) is 4. The van der Waals surface area contributed by atoms with Crippen LogP contribution < -0.4 is 5.73 Å². The van der Waals surface area contributed by atoms with E-state index in [0.29, 0.717) is 42.3 Å². The smallest absolute Gasteiger partial charge is 0.314 e. The Morgan fingerprint density at radius 3 is 2.10 bits per heavy atom. The molecule has 1 unspecified atom stereocenters. The molecule has 0 saturated carbocycles. The van der Waals surface area contributed by atoms with Gasteiger partial charge in [0.2, 0.25) is 5.91 Å². The van der Waals surface area contributed by atoms with Gasteiger partial charge in [-0.15, -0.1) is 0 Å². The lowest BCUT2D eigenvalue weighted by Gasteiger charge is -2.43. The molecule has 1 aromatic heterocycles. The fourth-order valence-corrected chi connectivity index (χ4v) is 8.16. The first kappa shape index (κ1) is 28.8. The molecule has 2 N–H and O–H groups in total. The van der Waals surface area contributed by atoms with E-state index in [0.717, 1.165) is 75.4 Å². The Kier molecular flexibility index (Phi) is 8.75. The number of carbonyl (C=O) groups excluding carboxylic acids is 2. The summed E-state index contributed by atoms with van der Waals surface area (Å²) in [6.07, 6.45) is 10.6. The molecule has 0 radical (unpaired) electrons. The minimum atomic E-state index is -0.349. The Morgan fingerprint density at radius 2 is 1.41 bits per heavy atom. The molecule has 6 rings (SSSR count). The molecule has 220 valence electrons. The number of amides is 3. The molecule has 41 heavy (non-hydrogen) atoms. The number of pyridine rings is 1. The second-order valence-corrected chi connectivity index (χ2v) is 13.4. The molecule has 0 bridgehead atoms. The van der Waals surface area contributed by atoms with Crippen LogP contribution in [-0.2, 0) is 17.6 Å². The van der Waals surface area contributed by atoms with Gasteiger partial charge >= 0.3 is 6.03 Å². The molecule has 3 amide bonds. The third kappa shape index (κ3) is 6.37. The van der Waals surface area contributed by atoms with E-state index in [2.05, 4.69) is 28.0 Å². The molecule has 3 aliphatic heterocycles. The summed E-state index contributed by atoms with van der Waals surface area (Å²) >= 11 is 12.8. The van der Waals surface area contributed by atoms with Crippen molar-refractivity contribution in [2.45, 2.75) is 63.8 Å². The zero-order valence-electron chi connectivity index (χ0n) is 23.7. The van der Waals surface area contributed by atoms with Gasteiger partial charge in [0.1, 0.15) is 0 Å². The predicted octanol–water partition coefficient (Wildman–Crippen LogP) is 5.71. The van der Waals surface area contributed by atoms with Crippen LogP contribution in [0, 0.1) is 17.8 Å². The number of benzene rings is 1. The summed E-state index contributed by atoms with van der Waals surface area (Å²) in [6.45, 7) is 5.18. The number of primary amides is 1. The highest BCUT2D eigenvalue weighted by Crippen LogP contribution is 2.41. The van der Waals surface area contributed by atoms with E-state index in [1.807, 2.05) is 6.07 Å². The van der Waals surface area contributed by atoms with Gasteiger partial charge in [-0.2, -0.15) is 0 Å². The Labute approximate surface area is 253 Å². The van der Waals surface area contributed by atoms with Crippen molar-refractivity contribution in [1.82, 2.24) is 19.7 Å². The molecule has 1 aliphatic carbocycles. The van der Waals surface area contributed by atoms with E-state index in [1.54, 1.807) is 11.1 Å². The molecule has 2 aromatic rings. The van der Waals surface area contributed by atoms with Gasteiger partial charge in [0.15, 0.2) is 0 Å². The largest absolute Gasteiger partial charge is 0.351 e. The summed E-state index contributed by atoms with van der Waals surface area (Å²) < 4.78 is 0. The lowest BCUT2D eigenvalue weighted by Crippen LogP contribution is -2.45. The normalized spacial score (nSPS) is 23.1. The third-order valence-electron chi connectivity index (χ3n) is 10.2. The monoisotopic (exact) mass is 597 g/mol. The summed E-state index contributed by atoms with van der Waals surface area (Å²) in [5.74, 6) is 2.04. The lowest BCUT2D eigenvalue weighted by atomic mass is 9.78. The minimum Gasteiger partial charge on any atom is -0.351 e. The predicted molar refractivity (Wildman–Crippen MR) is 162 cm³/mol. The SMILES string of the molecule is NC(=O)N1CCC(CC(=O)N2CCC(C3CCN(C4c5ccc(Cl)cc5CCc5cc(Cl)cnc54)CC3)CC2)CC1. The molecule has 3 fully saturated rings. The van der Waals surface area contributed by atoms with Gasteiger partial charge in [-0.05, 0) is 117 Å². The highest BCUT2D eigenvalue weighted by Gasteiger charge is 2.36. The van der Waals surface area contributed by atoms with Crippen molar-refractivity contribution in [2.75, 3.05) is 39.3 Å². The number of carbonyl (C=O) groups is 2. The average molecular weight is 599 g/mol. The quantitative estimate of drug-likeness (QED) is 0.489. The van der Waals surface area contributed by atoms with Crippen molar-refractivity contribution in [3.8, 4) is 0 Å². The average Bonchev–Trinajstić information content (AvgIpc) is 3.14. The zero-order valence-corrected chi connectivity index (χ0v) is 25.3. The number of aryl methyl sites for hydroxylation is 2. The van der Waals surface area contributed by atoms with E-state index >= 15 is 0 Å². The van der Waals surface area contributed by atoms with E-state index in [4.69, 9.17) is 33.9 Å². The van der Waals surface area contributed by atoms with Gasteiger partial charge in [-0.1, -0.05) is 29.3 Å². The lowest BCUT2D eigenvalue weighted by molar-refractivity contribution is -0.134. The fourth-order valence-electron chi connectivity index (χ4n) is 7.78. The standard InChI is InChI=1S/C32H41Cl2N5O2/c33-26-3-4-28-24(18-26)1-2-25-19-27(34)20-36-30(25)31(28)38-15-9-23(10-16-38)22-7-13-37(14-8-22)29(40)17-21-5-11-39(12-6-21)32(35)41/h3-4,18-23,31H,1-2,5-17H2,(H2,35,41). The molecule has 1 aromatic carbocycles. The van der Waals surface area contributed by atoms with Crippen LogP contribution >= 0.6 is 23.2 Å². The molecule has 3 saturated heterocycles. The third-order valence-corrected chi connectivity index (χ3v) is 10.6. The zero-order chi connectivity index (χ0) is 28.5. The molecular weight excluding hydrogens is 557 g/mol. The fraction of sp³-hybridized carbons (Fsp3) is 0.594. The number of nitrogens with zero attached hydrogens (tertiary/aromatic N) is 4.